The van der Waals surface area contributed by atoms with Crippen molar-refractivity contribution >= 4 is 0 Å². The average Bonchev–Trinajstić information content (AvgIpc) is 2.70. The summed E-state index contributed by atoms with van der Waals surface area (Å²) in [5.41, 5.74) is 0. The molecule has 0 amide bonds. The van der Waals surface area contributed by atoms with E-state index in [0.29, 0.717) is 12.0 Å². The summed E-state index contributed by atoms with van der Waals surface area (Å²) in [6, 6.07) is 3.14. The van der Waals surface area contributed by atoms with Gasteiger partial charge in [0, 0.05) is 6.04 Å². The zero-order valence-electron chi connectivity index (χ0n) is 10.3. The van der Waals surface area contributed by atoms with Gasteiger partial charge in [0.1, 0.15) is 0 Å². The predicted molar refractivity (Wildman–Crippen MR) is 66.0 cm³/mol. The van der Waals surface area contributed by atoms with Crippen LogP contribution in [0.3, 0.4) is 0 Å². The molecule has 90 valence electrons. The van der Waals surface area contributed by atoms with E-state index >= 15 is 0 Å². The summed E-state index contributed by atoms with van der Waals surface area (Å²) in [7, 11) is 0. The van der Waals surface area contributed by atoms with Gasteiger partial charge < -0.3 is 0 Å². The molecule has 0 aromatic carbocycles. The van der Waals surface area contributed by atoms with Crippen LogP contribution in [0, 0.1) is 17.2 Å². The first-order chi connectivity index (χ1) is 7.92. The summed E-state index contributed by atoms with van der Waals surface area (Å²) >= 11 is 0. The van der Waals surface area contributed by atoms with E-state index in [1.807, 2.05) is 0 Å². The Bertz CT molecular complexity index is 236. The zero-order chi connectivity index (χ0) is 11.2. The number of hydrogen-bond donors (Lipinski definition) is 0. The van der Waals surface area contributed by atoms with Crippen LogP contribution in [-0.2, 0) is 0 Å². The van der Waals surface area contributed by atoms with E-state index in [1.165, 1.54) is 64.5 Å². The van der Waals surface area contributed by atoms with Gasteiger partial charge in [0.15, 0.2) is 0 Å². The van der Waals surface area contributed by atoms with Gasteiger partial charge in [-0.3, -0.25) is 4.90 Å². The first-order valence-corrected chi connectivity index (χ1v) is 7.05. The molecule has 1 saturated carbocycles. The maximum Gasteiger partial charge on any atom is 0.0672 e. The maximum atomic E-state index is 9.31. The fourth-order valence-corrected chi connectivity index (χ4v) is 3.30. The minimum absolute atomic E-state index is 0.306. The Hall–Kier alpha value is -0.550. The fraction of sp³-hybridized carbons (Fsp3) is 0.929. The Morgan fingerprint density at radius 2 is 1.44 bits per heavy atom. The second-order valence-electron chi connectivity index (χ2n) is 5.39. The molecule has 0 radical (unpaired) electrons. The molecule has 2 heteroatoms. The zero-order valence-corrected chi connectivity index (χ0v) is 10.3. The summed E-state index contributed by atoms with van der Waals surface area (Å²) in [6.45, 7) is 2.48. The van der Waals surface area contributed by atoms with Crippen molar-refractivity contribution in [2.24, 2.45) is 5.92 Å². The van der Waals surface area contributed by atoms with E-state index in [-0.39, 0.29) is 0 Å². The van der Waals surface area contributed by atoms with Crippen LogP contribution in [0.2, 0.25) is 0 Å². The quantitative estimate of drug-likeness (QED) is 0.634. The van der Waals surface area contributed by atoms with Crippen LogP contribution in [0.1, 0.15) is 57.8 Å². The molecule has 0 aromatic heterocycles. The van der Waals surface area contributed by atoms with Crippen LogP contribution < -0.4 is 0 Å². The Kier molecular flexibility index (Phi) is 4.66. The highest BCUT2D eigenvalue weighted by atomic mass is 15.2. The third-order valence-electron chi connectivity index (χ3n) is 4.25. The molecule has 2 fully saturated rings. The summed E-state index contributed by atoms with van der Waals surface area (Å²) in [5.74, 6) is 0.306. The van der Waals surface area contributed by atoms with E-state index in [0.717, 1.165) is 6.42 Å². The first-order valence-electron chi connectivity index (χ1n) is 7.05. The number of rotatable bonds is 1. The Morgan fingerprint density at radius 3 is 2.12 bits per heavy atom. The molecule has 0 N–H and O–H groups in total. The molecule has 0 spiro atoms. The van der Waals surface area contributed by atoms with Gasteiger partial charge in [0.25, 0.3) is 0 Å². The summed E-state index contributed by atoms with van der Waals surface area (Å²) in [5, 5.41) is 9.31. The number of nitriles is 1. The van der Waals surface area contributed by atoms with E-state index in [9.17, 15) is 5.26 Å². The molecule has 1 aliphatic heterocycles. The predicted octanol–water partition coefficient (Wildman–Crippen LogP) is 3.33. The fourth-order valence-electron chi connectivity index (χ4n) is 3.30. The molecular weight excluding hydrogens is 196 g/mol. The third-order valence-corrected chi connectivity index (χ3v) is 4.25. The molecule has 2 atom stereocenters. The van der Waals surface area contributed by atoms with E-state index in [1.54, 1.807) is 0 Å². The number of nitrogens with zero attached hydrogens (tertiary/aromatic N) is 2. The molecular formula is C14H24N2. The van der Waals surface area contributed by atoms with Crippen LogP contribution >= 0.6 is 0 Å². The Morgan fingerprint density at radius 1 is 0.812 bits per heavy atom. The second-order valence-corrected chi connectivity index (χ2v) is 5.39. The van der Waals surface area contributed by atoms with Gasteiger partial charge in [-0.05, 0) is 38.8 Å². The standard InChI is InChI=1S/C14H24N2/c15-12-13-8-4-3-5-9-14(13)16-10-6-1-2-7-11-16/h13-14H,1-11H2. The monoisotopic (exact) mass is 220 g/mol. The van der Waals surface area contributed by atoms with Crippen molar-refractivity contribution < 1.29 is 0 Å². The lowest BCUT2D eigenvalue weighted by atomic mass is 9.94. The van der Waals surface area contributed by atoms with Gasteiger partial charge in [-0.2, -0.15) is 5.26 Å². The van der Waals surface area contributed by atoms with Crippen molar-refractivity contribution in [2.75, 3.05) is 13.1 Å². The number of likely N-dealkylation sites (tertiary alicyclic amines) is 1. The smallest absolute Gasteiger partial charge is 0.0672 e. The van der Waals surface area contributed by atoms with E-state index in [2.05, 4.69) is 11.0 Å². The van der Waals surface area contributed by atoms with Crippen LogP contribution in [0.15, 0.2) is 0 Å². The van der Waals surface area contributed by atoms with Crippen LogP contribution in [0.25, 0.3) is 0 Å². The van der Waals surface area contributed by atoms with Gasteiger partial charge in [-0.1, -0.05) is 32.1 Å². The highest BCUT2D eigenvalue weighted by Gasteiger charge is 2.28. The largest absolute Gasteiger partial charge is 0.299 e. The van der Waals surface area contributed by atoms with Crippen LogP contribution in [0.5, 0.6) is 0 Å². The van der Waals surface area contributed by atoms with Crippen LogP contribution in [0.4, 0.5) is 0 Å². The molecule has 2 rings (SSSR count). The lowest BCUT2D eigenvalue weighted by Gasteiger charge is -2.32. The van der Waals surface area contributed by atoms with E-state index < -0.39 is 0 Å². The van der Waals surface area contributed by atoms with Crippen molar-refractivity contribution in [3.8, 4) is 6.07 Å². The molecule has 2 aliphatic rings. The normalized spacial score (nSPS) is 33.7. The third kappa shape index (κ3) is 2.98. The first kappa shape index (κ1) is 11.9. The van der Waals surface area contributed by atoms with Crippen LogP contribution in [-0.4, -0.2) is 24.0 Å². The summed E-state index contributed by atoms with van der Waals surface area (Å²) in [4.78, 5) is 2.63. The second kappa shape index (κ2) is 6.25. The van der Waals surface area contributed by atoms with Crippen molar-refractivity contribution in [3.63, 3.8) is 0 Å². The molecule has 2 nitrogen and oxygen atoms in total. The molecule has 1 aliphatic carbocycles. The van der Waals surface area contributed by atoms with Gasteiger partial charge in [0.05, 0.1) is 12.0 Å². The Labute approximate surface area is 99.6 Å². The number of hydrogen-bond acceptors (Lipinski definition) is 2. The highest BCUT2D eigenvalue weighted by molar-refractivity contribution is 4.95. The summed E-state index contributed by atoms with van der Waals surface area (Å²) < 4.78 is 0. The van der Waals surface area contributed by atoms with Gasteiger partial charge in [-0.15, -0.1) is 0 Å². The van der Waals surface area contributed by atoms with Crippen molar-refractivity contribution in [1.82, 2.24) is 4.90 Å². The van der Waals surface area contributed by atoms with Gasteiger partial charge in [0.2, 0.25) is 0 Å². The lowest BCUT2D eigenvalue weighted by Crippen LogP contribution is -2.40. The topological polar surface area (TPSA) is 27.0 Å². The summed E-state index contributed by atoms with van der Waals surface area (Å²) in [6.07, 6.45) is 11.8. The van der Waals surface area contributed by atoms with Crippen molar-refractivity contribution in [2.45, 2.75) is 63.8 Å². The average molecular weight is 220 g/mol. The van der Waals surface area contributed by atoms with E-state index in [4.69, 9.17) is 0 Å². The SMILES string of the molecule is N#CC1CCCCCC1N1CCCCCC1. The van der Waals surface area contributed by atoms with Gasteiger partial charge >= 0.3 is 0 Å². The molecule has 1 saturated heterocycles. The van der Waals surface area contributed by atoms with Crippen molar-refractivity contribution in [1.29, 1.82) is 5.26 Å². The Balaban J connectivity index is 2.00. The molecule has 0 bridgehead atoms. The highest BCUT2D eigenvalue weighted by Crippen LogP contribution is 2.28. The molecule has 2 unspecified atom stereocenters. The lowest BCUT2D eigenvalue weighted by molar-refractivity contribution is 0.159. The minimum Gasteiger partial charge on any atom is -0.299 e. The molecule has 0 aromatic rings. The maximum absolute atomic E-state index is 9.31. The molecule has 16 heavy (non-hydrogen) atoms. The minimum atomic E-state index is 0.306. The van der Waals surface area contributed by atoms with Crippen molar-refractivity contribution in [3.05, 3.63) is 0 Å². The molecule has 1 heterocycles. The van der Waals surface area contributed by atoms with Gasteiger partial charge in [-0.25, -0.2) is 0 Å².